The molecule has 0 saturated heterocycles. The van der Waals surface area contributed by atoms with Crippen LogP contribution >= 0.6 is 0 Å². The van der Waals surface area contributed by atoms with E-state index < -0.39 is 5.54 Å². The van der Waals surface area contributed by atoms with Crippen LogP contribution in [0.1, 0.15) is 32.6 Å². The first kappa shape index (κ1) is 11.5. The van der Waals surface area contributed by atoms with Crippen LogP contribution in [0.15, 0.2) is 0 Å². The highest BCUT2D eigenvalue weighted by molar-refractivity contribution is 5.80. The van der Waals surface area contributed by atoms with Crippen molar-refractivity contribution >= 4 is 5.97 Å². The van der Waals surface area contributed by atoms with Gasteiger partial charge in [0, 0.05) is 7.11 Å². The second-order valence-electron chi connectivity index (χ2n) is 3.81. The van der Waals surface area contributed by atoms with Crippen molar-refractivity contribution in [3.63, 3.8) is 0 Å². The number of carbonyl (C=O) groups excluding carboxylic acids is 1. The van der Waals surface area contributed by atoms with Crippen LogP contribution in [0.4, 0.5) is 0 Å². The molecule has 4 heteroatoms. The van der Waals surface area contributed by atoms with Crippen LogP contribution in [0.2, 0.25) is 0 Å². The minimum absolute atomic E-state index is 0.251. The van der Waals surface area contributed by atoms with Gasteiger partial charge in [-0.3, -0.25) is 4.79 Å². The van der Waals surface area contributed by atoms with Gasteiger partial charge >= 0.3 is 5.97 Å². The lowest BCUT2D eigenvalue weighted by molar-refractivity contribution is -0.152. The number of nitrogens with two attached hydrogens (primary N) is 1. The number of carbonyl (C=O) groups is 1. The summed E-state index contributed by atoms with van der Waals surface area (Å²) in [5, 5.41) is 0. The van der Waals surface area contributed by atoms with Crippen LogP contribution in [0, 0.1) is 0 Å². The van der Waals surface area contributed by atoms with E-state index in [1.807, 2.05) is 0 Å². The molecule has 1 rings (SSSR count). The predicted octanol–water partition coefficient (Wildman–Crippen LogP) is 0.836. The molecule has 14 heavy (non-hydrogen) atoms. The minimum atomic E-state index is -0.773. The Morgan fingerprint density at radius 3 is 2.50 bits per heavy atom. The van der Waals surface area contributed by atoms with E-state index in [-0.39, 0.29) is 12.1 Å². The minimum Gasteiger partial charge on any atom is -0.465 e. The fourth-order valence-electron chi connectivity index (χ4n) is 1.82. The normalized spacial score (nSPS) is 32.6. The van der Waals surface area contributed by atoms with Gasteiger partial charge in [-0.05, 0) is 32.6 Å². The van der Waals surface area contributed by atoms with Crippen molar-refractivity contribution in [1.82, 2.24) is 0 Å². The molecule has 0 heterocycles. The van der Waals surface area contributed by atoms with E-state index >= 15 is 0 Å². The van der Waals surface area contributed by atoms with Gasteiger partial charge in [0.2, 0.25) is 0 Å². The Hall–Kier alpha value is -0.610. The lowest BCUT2D eigenvalue weighted by Crippen LogP contribution is -2.52. The predicted molar refractivity (Wildman–Crippen MR) is 52.8 cm³/mol. The molecular weight excluding hydrogens is 182 g/mol. The number of esters is 1. The number of rotatable bonds is 3. The summed E-state index contributed by atoms with van der Waals surface area (Å²) in [6, 6.07) is 0. The third-order valence-electron chi connectivity index (χ3n) is 2.84. The van der Waals surface area contributed by atoms with Gasteiger partial charge in [0.1, 0.15) is 5.54 Å². The quantitative estimate of drug-likeness (QED) is 0.687. The van der Waals surface area contributed by atoms with Crippen molar-refractivity contribution in [2.75, 3.05) is 13.7 Å². The Balaban J connectivity index is 2.48. The second-order valence-corrected chi connectivity index (χ2v) is 3.81. The molecule has 1 aliphatic rings. The fourth-order valence-corrected chi connectivity index (χ4v) is 1.82. The Morgan fingerprint density at radius 2 is 2.07 bits per heavy atom. The zero-order valence-electron chi connectivity index (χ0n) is 8.91. The van der Waals surface area contributed by atoms with Crippen LogP contribution in [-0.2, 0) is 14.3 Å². The second kappa shape index (κ2) is 4.75. The molecule has 4 nitrogen and oxygen atoms in total. The van der Waals surface area contributed by atoms with Crippen LogP contribution < -0.4 is 5.73 Å². The third-order valence-corrected chi connectivity index (χ3v) is 2.84. The Morgan fingerprint density at radius 1 is 1.50 bits per heavy atom. The summed E-state index contributed by atoms with van der Waals surface area (Å²) in [4.78, 5) is 11.5. The molecule has 0 radical (unpaired) electrons. The highest BCUT2D eigenvalue weighted by Gasteiger charge is 2.39. The number of hydrogen-bond acceptors (Lipinski definition) is 4. The first-order valence-corrected chi connectivity index (χ1v) is 5.11. The van der Waals surface area contributed by atoms with Crippen LogP contribution in [0.25, 0.3) is 0 Å². The van der Waals surface area contributed by atoms with E-state index in [0.717, 1.165) is 12.8 Å². The van der Waals surface area contributed by atoms with Crippen molar-refractivity contribution in [2.45, 2.75) is 44.2 Å². The average Bonchev–Trinajstić information content (AvgIpc) is 2.19. The zero-order valence-corrected chi connectivity index (χ0v) is 8.91. The van der Waals surface area contributed by atoms with E-state index in [2.05, 4.69) is 0 Å². The van der Waals surface area contributed by atoms with Crippen molar-refractivity contribution in [3.05, 3.63) is 0 Å². The van der Waals surface area contributed by atoms with Gasteiger partial charge in [0.15, 0.2) is 0 Å². The molecule has 0 amide bonds. The largest absolute Gasteiger partial charge is 0.465 e. The number of hydrogen-bond donors (Lipinski definition) is 1. The number of ether oxygens (including phenoxy) is 2. The van der Waals surface area contributed by atoms with Gasteiger partial charge < -0.3 is 15.2 Å². The summed E-state index contributed by atoms with van der Waals surface area (Å²) < 4.78 is 10.2. The van der Waals surface area contributed by atoms with E-state index in [9.17, 15) is 4.79 Å². The third kappa shape index (κ3) is 2.45. The topological polar surface area (TPSA) is 61.5 Å². The SMILES string of the molecule is CCOC(=O)C1(N)CCC(OC)CC1. The maximum absolute atomic E-state index is 11.5. The van der Waals surface area contributed by atoms with Gasteiger partial charge in [-0.1, -0.05) is 0 Å². The molecule has 0 aromatic rings. The van der Waals surface area contributed by atoms with E-state index in [0.29, 0.717) is 19.4 Å². The summed E-state index contributed by atoms with van der Waals surface area (Å²) >= 11 is 0. The molecular formula is C10H19NO3. The summed E-state index contributed by atoms with van der Waals surface area (Å²) in [5.41, 5.74) is 5.20. The molecule has 0 aromatic heterocycles. The van der Waals surface area contributed by atoms with Crippen LogP contribution in [0.3, 0.4) is 0 Å². The summed E-state index contributed by atoms with van der Waals surface area (Å²) in [7, 11) is 1.69. The Bertz CT molecular complexity index is 198. The van der Waals surface area contributed by atoms with Gasteiger partial charge in [-0.2, -0.15) is 0 Å². The molecule has 0 aliphatic heterocycles. The highest BCUT2D eigenvalue weighted by Crippen LogP contribution is 2.28. The standard InChI is InChI=1S/C10H19NO3/c1-3-14-9(12)10(11)6-4-8(13-2)5-7-10/h8H,3-7,11H2,1-2H3. The molecule has 0 bridgehead atoms. The lowest BCUT2D eigenvalue weighted by Gasteiger charge is -2.34. The summed E-state index contributed by atoms with van der Waals surface area (Å²) in [5.74, 6) is -0.269. The maximum atomic E-state index is 11.5. The molecule has 0 spiro atoms. The Labute approximate surface area is 84.7 Å². The van der Waals surface area contributed by atoms with Crippen molar-refractivity contribution in [3.8, 4) is 0 Å². The molecule has 82 valence electrons. The molecule has 1 saturated carbocycles. The van der Waals surface area contributed by atoms with Crippen LogP contribution in [0.5, 0.6) is 0 Å². The van der Waals surface area contributed by atoms with E-state index in [4.69, 9.17) is 15.2 Å². The molecule has 0 aromatic carbocycles. The first-order chi connectivity index (χ1) is 6.62. The zero-order chi connectivity index (χ0) is 10.6. The van der Waals surface area contributed by atoms with Gasteiger partial charge in [0.05, 0.1) is 12.7 Å². The monoisotopic (exact) mass is 201 g/mol. The first-order valence-electron chi connectivity index (χ1n) is 5.11. The van der Waals surface area contributed by atoms with E-state index in [1.54, 1.807) is 14.0 Å². The smallest absolute Gasteiger partial charge is 0.326 e. The number of methoxy groups -OCH3 is 1. The summed E-state index contributed by atoms with van der Waals surface area (Å²) in [6.07, 6.45) is 3.24. The van der Waals surface area contributed by atoms with Crippen molar-refractivity contribution in [2.24, 2.45) is 5.73 Å². The highest BCUT2D eigenvalue weighted by atomic mass is 16.5. The van der Waals surface area contributed by atoms with Gasteiger partial charge in [0.25, 0.3) is 0 Å². The Kier molecular flexibility index (Phi) is 3.89. The molecule has 1 fully saturated rings. The summed E-state index contributed by atoms with van der Waals surface area (Å²) in [6.45, 7) is 2.19. The lowest BCUT2D eigenvalue weighted by atomic mass is 9.81. The average molecular weight is 201 g/mol. The van der Waals surface area contributed by atoms with E-state index in [1.165, 1.54) is 0 Å². The van der Waals surface area contributed by atoms with Crippen LogP contribution in [-0.4, -0.2) is 31.3 Å². The van der Waals surface area contributed by atoms with Crippen molar-refractivity contribution < 1.29 is 14.3 Å². The van der Waals surface area contributed by atoms with Gasteiger partial charge in [-0.15, -0.1) is 0 Å². The molecule has 0 unspecified atom stereocenters. The van der Waals surface area contributed by atoms with Gasteiger partial charge in [-0.25, -0.2) is 0 Å². The maximum Gasteiger partial charge on any atom is 0.326 e. The molecule has 2 N–H and O–H groups in total. The molecule has 0 atom stereocenters. The molecule has 1 aliphatic carbocycles. The fraction of sp³-hybridized carbons (Fsp3) is 0.900. The van der Waals surface area contributed by atoms with Crippen molar-refractivity contribution in [1.29, 1.82) is 0 Å².